The molecule has 0 saturated carbocycles. The highest BCUT2D eigenvalue weighted by Gasteiger charge is 2.57. The average Bonchev–Trinajstić information content (AvgIpc) is 3.22. The third-order valence-corrected chi connectivity index (χ3v) is 11.1. The molecule has 16 N–H and O–H groups in total. The van der Waals surface area contributed by atoms with Crippen molar-refractivity contribution in [1.82, 2.24) is 10.6 Å². The number of hydrogen-bond acceptors (Lipinski definition) is 25. The predicted molar refractivity (Wildman–Crippen MR) is 188 cm³/mol. The molecule has 27 nitrogen and oxygen atoms in total. The van der Waals surface area contributed by atoms with Gasteiger partial charge in [-0.2, -0.15) is 0 Å². The molecular weight excluding hydrogens is 836 g/mol. The maximum Gasteiger partial charge on any atom is 0.217 e. The van der Waals surface area contributed by atoms with E-state index in [0.717, 1.165) is 13.8 Å². The number of aliphatic hydroxyl groups is 14. The van der Waals surface area contributed by atoms with Gasteiger partial charge in [0, 0.05) is 13.8 Å². The summed E-state index contributed by atoms with van der Waals surface area (Å²) in [6.45, 7) is 0.125. The van der Waals surface area contributed by atoms with E-state index in [4.69, 9.17) is 42.6 Å². The van der Waals surface area contributed by atoms with Crippen LogP contribution in [-0.4, -0.2) is 263 Å². The quantitative estimate of drug-likeness (QED) is 0.0770. The number of amides is 2. The van der Waals surface area contributed by atoms with E-state index in [2.05, 4.69) is 10.6 Å². The molecule has 0 bridgehead atoms. The zero-order valence-electron chi connectivity index (χ0n) is 33.0. The third-order valence-electron chi connectivity index (χ3n) is 11.1. The third kappa shape index (κ3) is 10.9. The maximum absolute atomic E-state index is 12.7. The van der Waals surface area contributed by atoms with Crippen molar-refractivity contribution in [2.75, 3.05) is 26.4 Å². The SMILES string of the molecule is CC(=O)N[C@H]1[C@H](OC[C@H]2O[C@H](O)[C@@H](O[C@@H]3O[C@H](CO)[C@@H](O[C@@H]4O[C@H](CO)[C@H](O)[C@H](O)[C@H]4O)[C@H](O[C@@H]4O[C@@H](C)[C@@H](O)[C@@H](O)[C@@H]4O)[C@H]3NC(C)=O)[C@@H](O)[C@@H]2O)O[C@H](CO)[C@@H](O)[C@@H]1O. The molecule has 5 aliphatic heterocycles. The first-order chi connectivity index (χ1) is 28.7. The van der Waals surface area contributed by atoms with Crippen molar-refractivity contribution < 1.29 is 124 Å². The van der Waals surface area contributed by atoms with Crippen LogP contribution >= 0.6 is 0 Å². The van der Waals surface area contributed by atoms with Crippen molar-refractivity contribution in [3.05, 3.63) is 0 Å². The van der Waals surface area contributed by atoms with Crippen molar-refractivity contribution in [2.24, 2.45) is 0 Å². The van der Waals surface area contributed by atoms with Gasteiger partial charge in [-0.25, -0.2) is 0 Å². The minimum Gasteiger partial charge on any atom is -0.394 e. The number of rotatable bonds is 14. The Balaban J connectivity index is 1.40. The smallest absolute Gasteiger partial charge is 0.217 e. The van der Waals surface area contributed by atoms with E-state index in [-0.39, 0.29) is 0 Å². The molecule has 0 aromatic carbocycles. The zero-order valence-corrected chi connectivity index (χ0v) is 33.0. The molecular formula is C34H58N2O25. The van der Waals surface area contributed by atoms with Crippen LogP contribution in [0, 0.1) is 0 Å². The fraction of sp³-hybridized carbons (Fsp3) is 0.941. The molecule has 5 rings (SSSR count). The van der Waals surface area contributed by atoms with Crippen LogP contribution in [0.2, 0.25) is 0 Å². The highest BCUT2D eigenvalue weighted by molar-refractivity contribution is 5.73. The summed E-state index contributed by atoms with van der Waals surface area (Å²) >= 11 is 0. The second-order valence-electron chi connectivity index (χ2n) is 15.4. The Bertz CT molecular complexity index is 1420. The van der Waals surface area contributed by atoms with Crippen LogP contribution in [0.4, 0.5) is 0 Å². The summed E-state index contributed by atoms with van der Waals surface area (Å²) in [5.74, 6) is -1.48. The second kappa shape index (κ2) is 21.3. The van der Waals surface area contributed by atoms with Crippen LogP contribution in [0.25, 0.3) is 0 Å². The molecule has 5 saturated heterocycles. The average molecular weight is 895 g/mol. The highest BCUT2D eigenvalue weighted by atomic mass is 16.8. The summed E-state index contributed by atoms with van der Waals surface area (Å²) in [6, 6.07) is -3.10. The van der Waals surface area contributed by atoms with E-state index < -0.39 is 192 Å². The van der Waals surface area contributed by atoms with Crippen LogP contribution in [0.15, 0.2) is 0 Å². The van der Waals surface area contributed by atoms with Crippen LogP contribution in [0.3, 0.4) is 0 Å². The van der Waals surface area contributed by atoms with Crippen molar-refractivity contribution >= 4 is 11.8 Å². The predicted octanol–water partition coefficient (Wildman–Crippen LogP) is -10.6. The summed E-state index contributed by atoms with van der Waals surface area (Å²) in [4.78, 5) is 24.5. The van der Waals surface area contributed by atoms with E-state index in [1.54, 1.807) is 0 Å². The van der Waals surface area contributed by atoms with Crippen LogP contribution in [-0.2, 0) is 52.2 Å². The van der Waals surface area contributed by atoms with Crippen LogP contribution in [0.1, 0.15) is 20.8 Å². The summed E-state index contributed by atoms with van der Waals surface area (Å²) < 4.78 is 51.5. The van der Waals surface area contributed by atoms with Crippen molar-refractivity contribution in [3.8, 4) is 0 Å². The molecule has 5 aliphatic rings. The lowest BCUT2D eigenvalue weighted by Gasteiger charge is -2.51. The molecule has 0 radical (unpaired) electrons. The number of carbonyl (C=O) groups excluding carboxylic acids is 2. The maximum atomic E-state index is 12.7. The van der Waals surface area contributed by atoms with Gasteiger partial charge in [0.15, 0.2) is 31.5 Å². The molecule has 0 unspecified atom stereocenters. The Morgan fingerprint density at radius 2 is 0.918 bits per heavy atom. The highest BCUT2D eigenvalue weighted by Crippen LogP contribution is 2.36. The fourth-order valence-electron chi connectivity index (χ4n) is 7.66. The molecule has 0 aliphatic carbocycles. The topological polar surface area (TPSA) is 424 Å². The molecule has 2 amide bonds. The number of nitrogens with one attached hydrogen (secondary N) is 2. The van der Waals surface area contributed by atoms with Crippen molar-refractivity contribution in [3.63, 3.8) is 0 Å². The summed E-state index contributed by atoms with van der Waals surface area (Å²) in [7, 11) is 0. The van der Waals surface area contributed by atoms with Gasteiger partial charge in [-0.1, -0.05) is 0 Å². The lowest BCUT2D eigenvalue weighted by atomic mass is 9.94. The summed E-state index contributed by atoms with van der Waals surface area (Å²) in [5, 5.41) is 152. The molecule has 5 heterocycles. The Hall–Kier alpha value is -1.98. The first-order valence-electron chi connectivity index (χ1n) is 19.4. The zero-order chi connectivity index (χ0) is 45.2. The molecule has 0 aromatic heterocycles. The van der Waals surface area contributed by atoms with Crippen molar-refractivity contribution in [2.45, 2.75) is 174 Å². The molecule has 61 heavy (non-hydrogen) atoms. The first-order valence-corrected chi connectivity index (χ1v) is 19.4. The number of aliphatic hydroxyl groups excluding tert-OH is 14. The van der Waals surface area contributed by atoms with Crippen LogP contribution in [0.5, 0.6) is 0 Å². The normalized spacial score (nSPS) is 49.6. The fourth-order valence-corrected chi connectivity index (χ4v) is 7.66. The van der Waals surface area contributed by atoms with Gasteiger partial charge in [0.2, 0.25) is 11.8 Å². The molecule has 25 atom stereocenters. The van der Waals surface area contributed by atoms with E-state index >= 15 is 0 Å². The van der Waals surface area contributed by atoms with Gasteiger partial charge in [0.25, 0.3) is 0 Å². The first kappa shape index (κ1) is 50.0. The Kier molecular flexibility index (Phi) is 17.5. The Labute approximate surface area is 346 Å². The van der Waals surface area contributed by atoms with Gasteiger partial charge in [-0.05, 0) is 6.92 Å². The van der Waals surface area contributed by atoms with Gasteiger partial charge in [-0.3, -0.25) is 9.59 Å². The number of ether oxygens (including phenoxy) is 9. The lowest BCUT2D eigenvalue weighted by Crippen LogP contribution is -2.71. The summed E-state index contributed by atoms with van der Waals surface area (Å²) in [6.07, 6.45) is -40.8. The molecule has 354 valence electrons. The Morgan fingerprint density at radius 1 is 0.459 bits per heavy atom. The van der Waals surface area contributed by atoms with Gasteiger partial charge in [0.05, 0.1) is 32.5 Å². The number of carbonyl (C=O) groups is 2. The van der Waals surface area contributed by atoms with Crippen LogP contribution < -0.4 is 10.6 Å². The minimum atomic E-state index is -2.15. The molecule has 5 fully saturated rings. The van der Waals surface area contributed by atoms with Crippen molar-refractivity contribution in [1.29, 1.82) is 0 Å². The van der Waals surface area contributed by atoms with Gasteiger partial charge >= 0.3 is 0 Å². The van der Waals surface area contributed by atoms with E-state index in [0.29, 0.717) is 0 Å². The monoisotopic (exact) mass is 894 g/mol. The standard InChI is InChI=1S/C34H58N2O25/c1-8-17(42)22(47)25(50)33(54-8)60-28-16(36-10(3)41)32(58-13(6-39)27(28)59-34-26(51)23(48)19(44)12(5-38)57-34)61-29-24(49)20(45)14(55-30(29)52)7-53-31-15(35-9(2)40)21(46)18(43)11(4-37)56-31/h8,11-34,37-39,42-52H,4-7H2,1-3H3,(H,35,40)(H,36,41)/t8-,11+,12+,13+,14+,15+,16+,17+,18+,19-,20+,21+,22+,23-,24-,25-,26+,27+,28+,29-,30-,31+,32-,33-,34-/m0/s1. The van der Waals surface area contributed by atoms with Gasteiger partial charge < -0.3 is 125 Å². The van der Waals surface area contributed by atoms with E-state index in [1.165, 1.54) is 6.92 Å². The van der Waals surface area contributed by atoms with Gasteiger partial charge in [-0.15, -0.1) is 0 Å². The largest absolute Gasteiger partial charge is 0.394 e. The minimum absolute atomic E-state index is 0.658. The van der Waals surface area contributed by atoms with E-state index in [9.17, 15) is 81.1 Å². The number of hydrogen-bond donors (Lipinski definition) is 16. The Morgan fingerprint density at radius 3 is 1.49 bits per heavy atom. The molecule has 0 spiro atoms. The summed E-state index contributed by atoms with van der Waals surface area (Å²) in [5.41, 5.74) is 0. The van der Waals surface area contributed by atoms with Gasteiger partial charge in [0.1, 0.15) is 116 Å². The van der Waals surface area contributed by atoms with E-state index in [1.807, 2.05) is 0 Å². The second-order valence-corrected chi connectivity index (χ2v) is 15.4. The lowest BCUT2D eigenvalue weighted by molar-refractivity contribution is -0.387. The molecule has 27 heteroatoms. The molecule has 0 aromatic rings.